The van der Waals surface area contributed by atoms with Crippen molar-refractivity contribution in [2.45, 2.75) is 37.6 Å². The van der Waals surface area contributed by atoms with Crippen LogP contribution >= 0.6 is 0 Å². The minimum absolute atomic E-state index is 0.103. The molecule has 88 valence electrons. The molecule has 0 unspecified atom stereocenters. The van der Waals surface area contributed by atoms with Gasteiger partial charge in [-0.05, 0) is 25.0 Å². The lowest BCUT2D eigenvalue weighted by atomic mass is 9.82. The summed E-state index contributed by atoms with van der Waals surface area (Å²) in [7, 11) is 0. The summed E-state index contributed by atoms with van der Waals surface area (Å²) in [4.78, 5) is 3.97. The normalized spacial score (nSPS) is 19.4. The van der Waals surface area contributed by atoms with Crippen LogP contribution in [0.15, 0.2) is 18.3 Å². The smallest absolute Gasteiger partial charge is 0.141 e. The third-order valence-corrected chi connectivity index (χ3v) is 3.23. The Morgan fingerprint density at radius 3 is 2.62 bits per heavy atom. The number of halogens is 1. The lowest BCUT2D eigenvalue weighted by Gasteiger charge is -2.36. The van der Waals surface area contributed by atoms with Crippen molar-refractivity contribution in [2.24, 2.45) is 0 Å². The van der Waals surface area contributed by atoms with Crippen molar-refractivity contribution in [3.63, 3.8) is 0 Å². The molecule has 0 saturated heterocycles. The van der Waals surface area contributed by atoms with Gasteiger partial charge in [-0.3, -0.25) is 0 Å². The van der Waals surface area contributed by atoms with Gasteiger partial charge in [-0.25, -0.2) is 9.37 Å². The van der Waals surface area contributed by atoms with Gasteiger partial charge < -0.3 is 10.4 Å². The van der Waals surface area contributed by atoms with E-state index in [1.165, 1.54) is 18.7 Å². The summed E-state index contributed by atoms with van der Waals surface area (Å²) < 4.78 is 12.7. The van der Waals surface area contributed by atoms with Crippen LogP contribution in [0.5, 0.6) is 0 Å². The maximum absolute atomic E-state index is 12.7. The predicted octanol–water partition coefficient (Wildman–Crippen LogP) is 2.33. The second-order valence-corrected chi connectivity index (χ2v) is 4.49. The lowest BCUT2D eigenvalue weighted by molar-refractivity contribution is 0.172. The quantitative estimate of drug-likeness (QED) is 0.828. The van der Waals surface area contributed by atoms with Gasteiger partial charge in [0.1, 0.15) is 11.6 Å². The van der Waals surface area contributed by atoms with E-state index < -0.39 is 0 Å². The number of rotatable bonds is 3. The fraction of sp³-hybridized carbons (Fsp3) is 0.583. The van der Waals surface area contributed by atoms with Gasteiger partial charge in [0.25, 0.3) is 0 Å². The summed E-state index contributed by atoms with van der Waals surface area (Å²) >= 11 is 0. The van der Waals surface area contributed by atoms with Gasteiger partial charge in [0, 0.05) is 0 Å². The van der Waals surface area contributed by atoms with Crippen LogP contribution in [0.25, 0.3) is 0 Å². The van der Waals surface area contributed by atoms with Crippen LogP contribution < -0.4 is 5.32 Å². The predicted molar refractivity (Wildman–Crippen MR) is 60.7 cm³/mol. The van der Waals surface area contributed by atoms with E-state index in [1.54, 1.807) is 6.07 Å². The summed E-state index contributed by atoms with van der Waals surface area (Å²) in [6, 6.07) is 2.99. The molecule has 0 radical (unpaired) electrons. The number of pyridine rings is 1. The Morgan fingerprint density at radius 1 is 1.31 bits per heavy atom. The molecule has 0 spiro atoms. The number of nitrogens with one attached hydrogen (secondary N) is 1. The molecule has 4 heteroatoms. The summed E-state index contributed by atoms with van der Waals surface area (Å²) in [5, 5.41) is 12.7. The van der Waals surface area contributed by atoms with Crippen LogP contribution in [-0.2, 0) is 0 Å². The average Bonchev–Trinajstić information content (AvgIpc) is 2.33. The highest BCUT2D eigenvalue weighted by molar-refractivity contribution is 5.37. The van der Waals surface area contributed by atoms with Crippen LogP contribution in [0.2, 0.25) is 0 Å². The Bertz CT molecular complexity index is 333. The number of aliphatic hydroxyl groups excluding tert-OH is 1. The molecule has 1 fully saturated rings. The second kappa shape index (κ2) is 4.78. The lowest BCUT2D eigenvalue weighted by Crippen LogP contribution is -2.44. The zero-order chi connectivity index (χ0) is 11.4. The highest BCUT2D eigenvalue weighted by Crippen LogP contribution is 2.30. The molecule has 1 aliphatic carbocycles. The zero-order valence-electron chi connectivity index (χ0n) is 9.25. The minimum atomic E-state index is -0.341. The van der Waals surface area contributed by atoms with Gasteiger partial charge in [0.15, 0.2) is 0 Å². The Hall–Kier alpha value is -1.16. The molecule has 0 aliphatic heterocycles. The first-order valence-electron chi connectivity index (χ1n) is 5.75. The zero-order valence-corrected chi connectivity index (χ0v) is 9.25. The van der Waals surface area contributed by atoms with Crippen molar-refractivity contribution >= 4 is 5.82 Å². The van der Waals surface area contributed by atoms with E-state index in [4.69, 9.17) is 0 Å². The third kappa shape index (κ3) is 2.50. The molecule has 1 aromatic heterocycles. The van der Waals surface area contributed by atoms with E-state index >= 15 is 0 Å². The van der Waals surface area contributed by atoms with Gasteiger partial charge in [-0.2, -0.15) is 0 Å². The number of anilines is 1. The summed E-state index contributed by atoms with van der Waals surface area (Å²) in [5.41, 5.74) is -0.261. The highest BCUT2D eigenvalue weighted by atomic mass is 19.1. The molecule has 16 heavy (non-hydrogen) atoms. The molecule has 1 saturated carbocycles. The van der Waals surface area contributed by atoms with Crippen LogP contribution in [0, 0.1) is 5.82 Å². The van der Waals surface area contributed by atoms with Crippen molar-refractivity contribution in [2.75, 3.05) is 11.9 Å². The fourth-order valence-electron chi connectivity index (χ4n) is 2.27. The number of aromatic nitrogens is 1. The topological polar surface area (TPSA) is 45.1 Å². The summed E-state index contributed by atoms with van der Waals surface area (Å²) in [6.07, 6.45) is 6.55. The van der Waals surface area contributed by atoms with Gasteiger partial charge in [0.05, 0.1) is 18.3 Å². The first-order valence-corrected chi connectivity index (χ1v) is 5.75. The van der Waals surface area contributed by atoms with Crippen molar-refractivity contribution in [3.05, 3.63) is 24.1 Å². The Morgan fingerprint density at radius 2 is 2.06 bits per heavy atom. The molecule has 0 amide bonds. The van der Waals surface area contributed by atoms with E-state index in [-0.39, 0.29) is 18.0 Å². The van der Waals surface area contributed by atoms with E-state index in [9.17, 15) is 9.50 Å². The molecule has 0 aromatic carbocycles. The second-order valence-electron chi connectivity index (χ2n) is 4.49. The number of hydrogen-bond donors (Lipinski definition) is 2. The van der Waals surface area contributed by atoms with E-state index in [0.29, 0.717) is 5.82 Å². The first-order chi connectivity index (χ1) is 7.74. The largest absolute Gasteiger partial charge is 0.394 e. The molecule has 3 nitrogen and oxygen atoms in total. The first kappa shape index (κ1) is 11.3. The highest BCUT2D eigenvalue weighted by Gasteiger charge is 2.31. The van der Waals surface area contributed by atoms with Crippen molar-refractivity contribution < 1.29 is 9.50 Å². The van der Waals surface area contributed by atoms with Crippen LogP contribution in [0.4, 0.5) is 10.2 Å². The average molecular weight is 224 g/mol. The maximum atomic E-state index is 12.7. The molecular weight excluding hydrogens is 207 g/mol. The van der Waals surface area contributed by atoms with E-state index in [2.05, 4.69) is 10.3 Å². The van der Waals surface area contributed by atoms with Gasteiger partial charge in [-0.15, -0.1) is 0 Å². The molecule has 2 N–H and O–H groups in total. The number of nitrogens with zero attached hydrogens (tertiary/aromatic N) is 1. The monoisotopic (exact) mass is 224 g/mol. The standard InChI is InChI=1S/C12H17FN2O/c13-10-4-5-11(14-8-10)15-12(9-16)6-2-1-3-7-12/h4-5,8,16H,1-3,6-7,9H2,(H,14,15). The minimum Gasteiger partial charge on any atom is -0.394 e. The van der Waals surface area contributed by atoms with Gasteiger partial charge >= 0.3 is 0 Å². The van der Waals surface area contributed by atoms with Gasteiger partial charge in [-0.1, -0.05) is 19.3 Å². The maximum Gasteiger partial charge on any atom is 0.141 e. The molecule has 1 heterocycles. The summed E-state index contributed by atoms with van der Waals surface area (Å²) in [6.45, 7) is 0.103. The molecule has 0 bridgehead atoms. The molecule has 1 aromatic rings. The molecular formula is C12H17FN2O. The van der Waals surface area contributed by atoms with Gasteiger partial charge in [0.2, 0.25) is 0 Å². The molecule has 1 aliphatic rings. The van der Waals surface area contributed by atoms with Crippen LogP contribution in [-0.4, -0.2) is 22.2 Å². The third-order valence-electron chi connectivity index (χ3n) is 3.23. The Labute approximate surface area is 94.7 Å². The summed E-state index contributed by atoms with van der Waals surface area (Å²) in [5.74, 6) is 0.296. The SMILES string of the molecule is OCC1(Nc2ccc(F)cn2)CCCCC1. The van der Waals surface area contributed by atoms with Crippen molar-refractivity contribution in [1.29, 1.82) is 0 Å². The molecule has 2 rings (SSSR count). The Balaban J connectivity index is 2.08. The van der Waals surface area contributed by atoms with Crippen LogP contribution in [0.1, 0.15) is 32.1 Å². The number of hydrogen-bond acceptors (Lipinski definition) is 3. The van der Waals surface area contributed by atoms with Crippen molar-refractivity contribution in [1.82, 2.24) is 4.98 Å². The van der Waals surface area contributed by atoms with E-state index in [0.717, 1.165) is 25.7 Å². The Kier molecular flexibility index (Phi) is 3.39. The van der Waals surface area contributed by atoms with E-state index in [1.807, 2.05) is 0 Å². The number of aliphatic hydroxyl groups is 1. The van der Waals surface area contributed by atoms with Crippen molar-refractivity contribution in [3.8, 4) is 0 Å². The van der Waals surface area contributed by atoms with Crippen LogP contribution in [0.3, 0.4) is 0 Å². The fourth-order valence-corrected chi connectivity index (χ4v) is 2.27. The molecule has 0 atom stereocenters.